The summed E-state index contributed by atoms with van der Waals surface area (Å²) in [6, 6.07) is 6.61. The maximum absolute atomic E-state index is 13.0. The summed E-state index contributed by atoms with van der Waals surface area (Å²) < 4.78 is 13.0. The van der Waals surface area contributed by atoms with E-state index in [0.717, 1.165) is 36.2 Å². The Kier molecular flexibility index (Phi) is 4.98. The lowest BCUT2D eigenvalue weighted by Crippen LogP contribution is -2.12. The zero-order valence-corrected chi connectivity index (χ0v) is 11.9. The van der Waals surface area contributed by atoms with Crippen molar-refractivity contribution in [3.63, 3.8) is 0 Å². The smallest absolute Gasteiger partial charge is 0.242 e. The highest BCUT2D eigenvalue weighted by Gasteiger charge is 2.05. The fourth-order valence-corrected chi connectivity index (χ4v) is 2.02. The lowest BCUT2D eigenvalue weighted by molar-refractivity contribution is 0.625. The number of hydrogen-bond acceptors (Lipinski definition) is 4. The molecule has 1 N–H and O–H groups in total. The molecular formula is C15H19FN4. The van der Waals surface area contributed by atoms with Crippen molar-refractivity contribution in [1.82, 2.24) is 15.2 Å². The van der Waals surface area contributed by atoms with Gasteiger partial charge in [-0.15, -0.1) is 5.10 Å². The van der Waals surface area contributed by atoms with E-state index >= 15 is 0 Å². The first-order valence-electron chi connectivity index (χ1n) is 6.93. The molecule has 0 aliphatic rings. The van der Waals surface area contributed by atoms with E-state index in [0.29, 0.717) is 12.5 Å². The van der Waals surface area contributed by atoms with Crippen LogP contribution in [0, 0.1) is 5.82 Å². The van der Waals surface area contributed by atoms with Gasteiger partial charge in [-0.2, -0.15) is 5.10 Å². The van der Waals surface area contributed by atoms with Crippen molar-refractivity contribution in [3.8, 4) is 0 Å². The second-order valence-electron chi connectivity index (χ2n) is 4.54. The molecule has 0 radical (unpaired) electrons. The molecule has 0 fully saturated rings. The molecule has 0 atom stereocenters. The fraction of sp³-hybridized carbons (Fsp3) is 0.400. The Hall–Kier alpha value is -2.04. The summed E-state index contributed by atoms with van der Waals surface area (Å²) in [5.41, 5.74) is 2.88. The molecule has 1 aromatic heterocycles. The molecule has 0 spiro atoms. The molecule has 0 saturated carbocycles. The standard InChI is InChI=1S/C15H19FN4/c1-3-13-14(4-2)19-20-15(18-13)17-9-8-11-6-5-7-12(16)10-11/h5-7,10H,3-4,8-9H2,1-2H3,(H,17,18,20). The average Bonchev–Trinajstić information content (AvgIpc) is 2.47. The molecule has 0 bridgehead atoms. The van der Waals surface area contributed by atoms with Crippen LogP contribution in [0.15, 0.2) is 24.3 Å². The van der Waals surface area contributed by atoms with Crippen molar-refractivity contribution in [2.45, 2.75) is 33.1 Å². The first kappa shape index (κ1) is 14.4. The van der Waals surface area contributed by atoms with Gasteiger partial charge in [0, 0.05) is 6.54 Å². The van der Waals surface area contributed by atoms with Crippen LogP contribution in [0.2, 0.25) is 0 Å². The van der Waals surface area contributed by atoms with Gasteiger partial charge in [0.2, 0.25) is 5.95 Å². The number of rotatable bonds is 6. The van der Waals surface area contributed by atoms with Crippen molar-refractivity contribution in [2.24, 2.45) is 0 Å². The second-order valence-corrected chi connectivity index (χ2v) is 4.54. The van der Waals surface area contributed by atoms with Crippen molar-refractivity contribution in [3.05, 3.63) is 47.0 Å². The van der Waals surface area contributed by atoms with Crippen molar-refractivity contribution in [1.29, 1.82) is 0 Å². The number of nitrogens with zero attached hydrogens (tertiary/aromatic N) is 3. The quantitative estimate of drug-likeness (QED) is 0.880. The molecule has 1 aromatic carbocycles. The summed E-state index contributed by atoms with van der Waals surface area (Å²) in [5, 5.41) is 11.4. The molecule has 1 heterocycles. The van der Waals surface area contributed by atoms with Gasteiger partial charge in [0.1, 0.15) is 5.82 Å². The largest absolute Gasteiger partial charge is 0.353 e. The van der Waals surface area contributed by atoms with Crippen molar-refractivity contribution in [2.75, 3.05) is 11.9 Å². The minimum absolute atomic E-state index is 0.207. The first-order chi connectivity index (χ1) is 9.72. The van der Waals surface area contributed by atoms with E-state index < -0.39 is 0 Å². The summed E-state index contributed by atoms with van der Waals surface area (Å²) in [6.45, 7) is 4.75. The minimum Gasteiger partial charge on any atom is -0.353 e. The Morgan fingerprint density at radius 3 is 2.60 bits per heavy atom. The summed E-state index contributed by atoms with van der Waals surface area (Å²) in [7, 11) is 0. The van der Waals surface area contributed by atoms with Gasteiger partial charge in [-0.05, 0) is 37.0 Å². The van der Waals surface area contributed by atoms with Gasteiger partial charge in [-0.25, -0.2) is 9.37 Å². The van der Waals surface area contributed by atoms with Crippen molar-refractivity contribution < 1.29 is 4.39 Å². The Morgan fingerprint density at radius 1 is 1.10 bits per heavy atom. The summed E-state index contributed by atoms with van der Waals surface area (Å²) in [5.74, 6) is 0.330. The van der Waals surface area contributed by atoms with Crippen LogP contribution in [-0.4, -0.2) is 21.7 Å². The Labute approximate surface area is 118 Å². The molecule has 2 aromatic rings. The predicted molar refractivity (Wildman–Crippen MR) is 77.2 cm³/mol. The monoisotopic (exact) mass is 274 g/mol. The fourth-order valence-electron chi connectivity index (χ4n) is 2.02. The van der Waals surface area contributed by atoms with Gasteiger partial charge < -0.3 is 5.32 Å². The zero-order valence-electron chi connectivity index (χ0n) is 11.9. The van der Waals surface area contributed by atoms with E-state index in [-0.39, 0.29) is 5.82 Å². The van der Waals surface area contributed by atoms with E-state index in [1.165, 1.54) is 6.07 Å². The first-order valence-corrected chi connectivity index (χ1v) is 6.93. The highest BCUT2D eigenvalue weighted by atomic mass is 19.1. The zero-order chi connectivity index (χ0) is 14.4. The third kappa shape index (κ3) is 3.73. The molecule has 4 nitrogen and oxygen atoms in total. The third-order valence-corrected chi connectivity index (χ3v) is 3.10. The lowest BCUT2D eigenvalue weighted by Gasteiger charge is -2.07. The Morgan fingerprint density at radius 2 is 1.90 bits per heavy atom. The molecule has 5 heteroatoms. The van der Waals surface area contributed by atoms with Crippen LogP contribution < -0.4 is 5.32 Å². The van der Waals surface area contributed by atoms with E-state index in [1.54, 1.807) is 12.1 Å². The van der Waals surface area contributed by atoms with Gasteiger partial charge >= 0.3 is 0 Å². The van der Waals surface area contributed by atoms with Gasteiger partial charge in [-0.3, -0.25) is 0 Å². The van der Waals surface area contributed by atoms with Gasteiger partial charge in [0.15, 0.2) is 0 Å². The van der Waals surface area contributed by atoms with E-state index in [2.05, 4.69) is 27.4 Å². The molecule has 0 saturated heterocycles. The second kappa shape index (κ2) is 6.93. The molecule has 20 heavy (non-hydrogen) atoms. The van der Waals surface area contributed by atoms with Gasteiger partial charge in [0.05, 0.1) is 11.4 Å². The summed E-state index contributed by atoms with van der Waals surface area (Å²) >= 11 is 0. The number of anilines is 1. The highest BCUT2D eigenvalue weighted by Crippen LogP contribution is 2.08. The number of halogens is 1. The topological polar surface area (TPSA) is 50.7 Å². The number of aryl methyl sites for hydroxylation is 2. The lowest BCUT2D eigenvalue weighted by atomic mass is 10.1. The van der Waals surface area contributed by atoms with Crippen LogP contribution in [0.1, 0.15) is 30.8 Å². The van der Waals surface area contributed by atoms with Crippen LogP contribution in [0.3, 0.4) is 0 Å². The number of nitrogens with one attached hydrogen (secondary N) is 1. The van der Waals surface area contributed by atoms with Crippen LogP contribution in [0.25, 0.3) is 0 Å². The predicted octanol–water partition coefficient (Wildman–Crippen LogP) is 2.79. The normalized spacial score (nSPS) is 10.6. The Bertz CT molecular complexity index is 572. The molecular weight excluding hydrogens is 255 g/mol. The number of benzene rings is 1. The number of aromatic nitrogens is 3. The van der Waals surface area contributed by atoms with Gasteiger partial charge in [0.25, 0.3) is 0 Å². The van der Waals surface area contributed by atoms with Crippen LogP contribution in [-0.2, 0) is 19.3 Å². The summed E-state index contributed by atoms with van der Waals surface area (Å²) in [6.07, 6.45) is 2.40. The molecule has 0 amide bonds. The molecule has 0 aliphatic heterocycles. The van der Waals surface area contributed by atoms with Crippen LogP contribution >= 0.6 is 0 Å². The van der Waals surface area contributed by atoms with Gasteiger partial charge in [-0.1, -0.05) is 26.0 Å². The van der Waals surface area contributed by atoms with E-state index in [1.807, 2.05) is 13.0 Å². The molecule has 2 rings (SSSR count). The van der Waals surface area contributed by atoms with Crippen molar-refractivity contribution >= 4 is 5.95 Å². The maximum Gasteiger partial charge on any atom is 0.242 e. The van der Waals surface area contributed by atoms with Crippen LogP contribution in [0.5, 0.6) is 0 Å². The molecule has 0 aliphatic carbocycles. The van der Waals surface area contributed by atoms with E-state index in [4.69, 9.17) is 0 Å². The summed E-state index contributed by atoms with van der Waals surface area (Å²) in [4.78, 5) is 4.45. The highest BCUT2D eigenvalue weighted by molar-refractivity contribution is 5.26. The van der Waals surface area contributed by atoms with Crippen LogP contribution in [0.4, 0.5) is 10.3 Å². The molecule has 0 unspecified atom stereocenters. The number of hydrogen-bond donors (Lipinski definition) is 1. The SMILES string of the molecule is CCc1nnc(NCCc2cccc(F)c2)nc1CC. The average molecular weight is 274 g/mol. The third-order valence-electron chi connectivity index (χ3n) is 3.10. The minimum atomic E-state index is -0.207. The molecule has 106 valence electrons. The van der Waals surface area contributed by atoms with E-state index in [9.17, 15) is 4.39 Å². The Balaban J connectivity index is 1.94. The maximum atomic E-state index is 13.0.